The molecule has 0 saturated heterocycles. The van der Waals surface area contributed by atoms with Crippen LogP contribution in [-0.2, 0) is 0 Å². The molecule has 1 aromatic rings. The normalized spacial score (nSPS) is 19.6. The van der Waals surface area contributed by atoms with Crippen molar-refractivity contribution < 1.29 is 14.6 Å². The number of carboxylic acid groups (broad SMARTS) is 1. The Morgan fingerprint density at radius 1 is 1.29 bits per heavy atom. The summed E-state index contributed by atoms with van der Waals surface area (Å²) in [6.45, 7) is 0. The highest BCUT2D eigenvalue weighted by atomic mass is 16.5. The Hall–Kier alpha value is -2.77. The Kier molecular flexibility index (Phi) is 4.04. The van der Waals surface area contributed by atoms with Crippen molar-refractivity contribution in [2.75, 3.05) is 12.0 Å². The number of carboxylic acids is 1. The zero-order chi connectivity index (χ0) is 17.3. The first-order valence-corrected chi connectivity index (χ1v) is 7.88. The molecular formula is C16H21N5O3. The second kappa shape index (κ2) is 6.03. The number of ether oxygens (including phenoxy) is 1. The van der Waals surface area contributed by atoms with E-state index in [1.807, 2.05) is 0 Å². The largest absolute Gasteiger partial charge is 0.497 e. The Bertz CT molecular complexity index is 722. The van der Waals surface area contributed by atoms with E-state index in [1.54, 1.807) is 17.0 Å². The minimum atomic E-state index is -1.06. The molecule has 24 heavy (non-hydrogen) atoms. The number of nitrogens with two attached hydrogens (primary N) is 2. The van der Waals surface area contributed by atoms with Crippen LogP contribution >= 0.6 is 0 Å². The monoisotopic (exact) mass is 331 g/mol. The molecule has 0 radical (unpaired) electrons. The second-order valence-electron chi connectivity index (χ2n) is 6.01. The molecule has 0 bridgehead atoms. The van der Waals surface area contributed by atoms with Gasteiger partial charge in [0.05, 0.1) is 18.4 Å². The minimum absolute atomic E-state index is 0.0909. The van der Waals surface area contributed by atoms with Crippen molar-refractivity contribution in [3.63, 3.8) is 0 Å². The molecule has 8 nitrogen and oxygen atoms in total. The molecule has 128 valence electrons. The number of benzene rings is 1. The van der Waals surface area contributed by atoms with E-state index in [9.17, 15) is 9.90 Å². The van der Waals surface area contributed by atoms with Crippen molar-refractivity contribution in [2.45, 2.75) is 37.8 Å². The Morgan fingerprint density at radius 3 is 2.62 bits per heavy atom. The smallest absolute Gasteiger partial charge is 0.337 e. The molecule has 8 heteroatoms. The lowest BCUT2D eigenvalue weighted by atomic mass is 9.87. The summed E-state index contributed by atoms with van der Waals surface area (Å²) in [4.78, 5) is 22.1. The highest BCUT2D eigenvalue weighted by Gasteiger charge is 2.43. The van der Waals surface area contributed by atoms with Crippen LogP contribution in [0.2, 0.25) is 0 Å². The van der Waals surface area contributed by atoms with Gasteiger partial charge in [0.1, 0.15) is 11.4 Å². The van der Waals surface area contributed by atoms with Crippen LogP contribution in [0.1, 0.15) is 42.5 Å². The molecule has 1 aliphatic heterocycles. The molecule has 2 aliphatic rings. The molecule has 1 spiro atoms. The lowest BCUT2D eigenvalue weighted by Gasteiger charge is -2.46. The van der Waals surface area contributed by atoms with Gasteiger partial charge in [0, 0.05) is 0 Å². The van der Waals surface area contributed by atoms with Crippen molar-refractivity contribution >= 4 is 23.6 Å². The fourth-order valence-electron chi connectivity index (χ4n) is 3.48. The van der Waals surface area contributed by atoms with Crippen LogP contribution in [0.4, 0.5) is 5.69 Å². The lowest BCUT2D eigenvalue weighted by molar-refractivity contribution is 0.0697. The number of hydrogen-bond donors (Lipinski definition) is 3. The zero-order valence-corrected chi connectivity index (χ0v) is 13.5. The van der Waals surface area contributed by atoms with Gasteiger partial charge in [-0.25, -0.2) is 9.79 Å². The maximum Gasteiger partial charge on any atom is 0.337 e. The number of carbonyl (C=O) groups is 1. The maximum atomic E-state index is 11.8. The zero-order valence-electron chi connectivity index (χ0n) is 13.5. The predicted molar refractivity (Wildman–Crippen MR) is 91.5 cm³/mol. The number of guanidine groups is 2. The fraction of sp³-hybridized carbons (Fsp3) is 0.438. The van der Waals surface area contributed by atoms with E-state index in [0.29, 0.717) is 11.4 Å². The summed E-state index contributed by atoms with van der Waals surface area (Å²) in [5, 5.41) is 9.62. The van der Waals surface area contributed by atoms with Crippen molar-refractivity contribution in [3.8, 4) is 5.75 Å². The highest BCUT2D eigenvalue weighted by Crippen LogP contribution is 2.41. The average Bonchev–Trinajstić information content (AvgIpc) is 2.54. The number of hydrogen-bond acceptors (Lipinski definition) is 7. The summed E-state index contributed by atoms with van der Waals surface area (Å²) in [7, 11) is 1.49. The van der Waals surface area contributed by atoms with Gasteiger partial charge in [-0.05, 0) is 43.9 Å². The minimum Gasteiger partial charge on any atom is -0.497 e. The van der Waals surface area contributed by atoms with Gasteiger partial charge in [0.2, 0.25) is 11.9 Å². The molecule has 0 atom stereocenters. The predicted octanol–water partition coefficient (Wildman–Crippen LogP) is 1.50. The molecule has 1 aromatic carbocycles. The topological polar surface area (TPSA) is 127 Å². The molecule has 0 unspecified atom stereocenters. The third-order valence-electron chi connectivity index (χ3n) is 4.53. The van der Waals surface area contributed by atoms with E-state index in [2.05, 4.69) is 9.98 Å². The number of methoxy groups -OCH3 is 1. The summed E-state index contributed by atoms with van der Waals surface area (Å²) in [6.07, 6.45) is 4.54. The van der Waals surface area contributed by atoms with Crippen LogP contribution < -0.4 is 21.1 Å². The fourth-order valence-corrected chi connectivity index (χ4v) is 3.48. The SMILES string of the molecule is COc1ccc(N2C(N)=NC(N)=NC23CCCCC3)c(C(=O)O)c1. The first kappa shape index (κ1) is 16.1. The van der Waals surface area contributed by atoms with E-state index >= 15 is 0 Å². The molecule has 1 fully saturated rings. The maximum absolute atomic E-state index is 11.8. The molecule has 1 saturated carbocycles. The van der Waals surface area contributed by atoms with Crippen LogP contribution in [0.25, 0.3) is 0 Å². The first-order valence-electron chi connectivity index (χ1n) is 7.88. The number of aliphatic imine (C=N–C) groups is 2. The van der Waals surface area contributed by atoms with Gasteiger partial charge in [-0.3, -0.25) is 4.90 Å². The quantitative estimate of drug-likeness (QED) is 0.770. The van der Waals surface area contributed by atoms with Gasteiger partial charge in [-0.1, -0.05) is 6.42 Å². The average molecular weight is 331 g/mol. The third kappa shape index (κ3) is 2.64. The number of rotatable bonds is 3. The van der Waals surface area contributed by atoms with Crippen LogP contribution in [0.5, 0.6) is 5.75 Å². The number of nitrogens with zero attached hydrogens (tertiary/aromatic N) is 3. The van der Waals surface area contributed by atoms with Crippen molar-refractivity contribution in [1.82, 2.24) is 0 Å². The van der Waals surface area contributed by atoms with Crippen molar-refractivity contribution in [2.24, 2.45) is 21.5 Å². The van der Waals surface area contributed by atoms with E-state index in [4.69, 9.17) is 16.2 Å². The van der Waals surface area contributed by atoms with Gasteiger partial charge in [-0.2, -0.15) is 4.99 Å². The van der Waals surface area contributed by atoms with Crippen LogP contribution in [0, 0.1) is 0 Å². The van der Waals surface area contributed by atoms with E-state index < -0.39 is 11.6 Å². The molecule has 0 amide bonds. The summed E-state index contributed by atoms with van der Waals surface area (Å²) < 4.78 is 5.14. The van der Waals surface area contributed by atoms with E-state index in [1.165, 1.54) is 13.2 Å². The van der Waals surface area contributed by atoms with Gasteiger partial charge in [0.15, 0.2) is 0 Å². The van der Waals surface area contributed by atoms with Crippen molar-refractivity contribution in [1.29, 1.82) is 0 Å². The lowest BCUT2D eigenvalue weighted by Crippen LogP contribution is -2.58. The van der Waals surface area contributed by atoms with Gasteiger partial charge in [-0.15, -0.1) is 0 Å². The standard InChI is InChI=1S/C16H21N5O3/c1-24-10-5-6-12(11(9-10)13(22)23)21-15(18)19-14(17)20-16(21)7-3-2-4-8-16/h5-6,9H,2-4,7-8H2,1H3,(H,22,23)(H4,17,18,19,20). The Balaban J connectivity index is 2.15. The van der Waals surface area contributed by atoms with Crippen LogP contribution in [-0.4, -0.2) is 35.8 Å². The van der Waals surface area contributed by atoms with Gasteiger partial charge >= 0.3 is 5.97 Å². The summed E-state index contributed by atoms with van der Waals surface area (Å²) >= 11 is 0. The summed E-state index contributed by atoms with van der Waals surface area (Å²) in [6, 6.07) is 4.86. The molecule has 1 heterocycles. The number of anilines is 1. The molecule has 0 aromatic heterocycles. The second-order valence-corrected chi connectivity index (χ2v) is 6.01. The first-order chi connectivity index (χ1) is 11.5. The summed E-state index contributed by atoms with van der Waals surface area (Å²) in [5.74, 6) is -0.303. The Morgan fingerprint density at radius 2 is 2.00 bits per heavy atom. The van der Waals surface area contributed by atoms with Gasteiger partial charge in [0.25, 0.3) is 0 Å². The molecular weight excluding hydrogens is 310 g/mol. The van der Waals surface area contributed by atoms with Crippen LogP contribution in [0.3, 0.4) is 0 Å². The summed E-state index contributed by atoms with van der Waals surface area (Å²) in [5.41, 5.74) is 11.8. The highest BCUT2D eigenvalue weighted by molar-refractivity contribution is 6.09. The van der Waals surface area contributed by atoms with Crippen LogP contribution in [0.15, 0.2) is 28.2 Å². The van der Waals surface area contributed by atoms with E-state index in [-0.39, 0.29) is 17.5 Å². The number of aromatic carboxylic acids is 1. The van der Waals surface area contributed by atoms with E-state index in [0.717, 1.165) is 32.1 Å². The molecule has 1 aliphatic carbocycles. The molecule has 5 N–H and O–H groups in total. The van der Waals surface area contributed by atoms with Crippen molar-refractivity contribution in [3.05, 3.63) is 23.8 Å². The molecule has 3 rings (SSSR count). The van der Waals surface area contributed by atoms with Gasteiger partial charge < -0.3 is 21.3 Å². The Labute approximate surface area is 139 Å². The third-order valence-corrected chi connectivity index (χ3v) is 4.53.